The molecule has 6 heteroatoms. The zero-order valence-corrected chi connectivity index (χ0v) is 15.9. The summed E-state index contributed by atoms with van der Waals surface area (Å²) in [6, 6.07) is 9.90. The minimum atomic E-state index is 0.0238. The van der Waals surface area contributed by atoms with E-state index in [0.717, 1.165) is 15.1 Å². The molecule has 1 heterocycles. The van der Waals surface area contributed by atoms with E-state index in [1.807, 2.05) is 50.2 Å². The van der Waals surface area contributed by atoms with Crippen molar-refractivity contribution in [2.45, 2.75) is 17.9 Å². The number of aryl methyl sites for hydroxylation is 1. The minimum absolute atomic E-state index is 0.0238. The van der Waals surface area contributed by atoms with Gasteiger partial charge in [0.05, 0.1) is 18.1 Å². The normalized spacial score (nSPS) is 12.4. The maximum absolute atomic E-state index is 12.1. The van der Waals surface area contributed by atoms with Crippen LogP contribution in [0.15, 0.2) is 50.4 Å². The molecule has 124 valence electrons. The average molecular weight is 397 g/mol. The number of carbonyl (C=O) groups excluding carboxylic acids is 1. The van der Waals surface area contributed by atoms with E-state index >= 15 is 0 Å². The van der Waals surface area contributed by atoms with Gasteiger partial charge in [-0.15, -0.1) is 11.8 Å². The first kappa shape index (κ1) is 18.1. The van der Waals surface area contributed by atoms with Crippen LogP contribution in [0.5, 0.6) is 0 Å². The van der Waals surface area contributed by atoms with Crippen molar-refractivity contribution >= 4 is 33.6 Å². The monoisotopic (exact) mass is 396 g/mol. The summed E-state index contributed by atoms with van der Waals surface area (Å²) in [7, 11) is 3.94. The van der Waals surface area contributed by atoms with Crippen LogP contribution in [0.2, 0.25) is 0 Å². The van der Waals surface area contributed by atoms with E-state index in [2.05, 4.69) is 27.3 Å². The second-order valence-electron chi connectivity index (χ2n) is 5.50. The lowest BCUT2D eigenvalue weighted by Gasteiger charge is -2.22. The highest BCUT2D eigenvalue weighted by Crippen LogP contribution is 2.25. The van der Waals surface area contributed by atoms with Gasteiger partial charge in [0.25, 0.3) is 0 Å². The Balaban J connectivity index is 1.84. The zero-order chi connectivity index (χ0) is 16.8. The molecule has 1 aromatic heterocycles. The number of nitrogens with one attached hydrogen (secondary N) is 1. The highest BCUT2D eigenvalue weighted by Gasteiger charge is 2.17. The SMILES string of the molecule is Cc1cc(Br)ccc1SCC(=O)NCC(c1ccco1)N(C)C. The molecule has 0 saturated carbocycles. The van der Waals surface area contributed by atoms with Gasteiger partial charge >= 0.3 is 0 Å². The largest absolute Gasteiger partial charge is 0.468 e. The molecule has 0 fully saturated rings. The van der Waals surface area contributed by atoms with Gasteiger partial charge in [-0.2, -0.15) is 0 Å². The summed E-state index contributed by atoms with van der Waals surface area (Å²) in [6.45, 7) is 2.57. The lowest BCUT2D eigenvalue weighted by molar-refractivity contribution is -0.118. The van der Waals surface area contributed by atoms with Crippen LogP contribution in [0.1, 0.15) is 17.4 Å². The number of hydrogen-bond donors (Lipinski definition) is 1. The number of likely N-dealkylation sites (N-methyl/N-ethyl adjacent to an activating group) is 1. The molecule has 1 N–H and O–H groups in total. The van der Waals surface area contributed by atoms with Crippen LogP contribution < -0.4 is 5.32 Å². The van der Waals surface area contributed by atoms with Gasteiger partial charge in [-0.05, 0) is 56.9 Å². The number of hydrogen-bond acceptors (Lipinski definition) is 4. The highest BCUT2D eigenvalue weighted by atomic mass is 79.9. The Morgan fingerprint density at radius 1 is 1.39 bits per heavy atom. The molecule has 23 heavy (non-hydrogen) atoms. The fourth-order valence-corrected chi connectivity index (χ4v) is 3.51. The van der Waals surface area contributed by atoms with Crippen LogP contribution in [0.3, 0.4) is 0 Å². The topological polar surface area (TPSA) is 45.5 Å². The number of carbonyl (C=O) groups is 1. The van der Waals surface area contributed by atoms with Crippen molar-refractivity contribution in [1.29, 1.82) is 0 Å². The summed E-state index contributed by atoms with van der Waals surface area (Å²) in [5.74, 6) is 1.28. The molecule has 1 unspecified atom stereocenters. The maximum atomic E-state index is 12.1. The van der Waals surface area contributed by atoms with Crippen molar-refractivity contribution in [3.05, 3.63) is 52.4 Å². The molecular weight excluding hydrogens is 376 g/mol. The average Bonchev–Trinajstić information content (AvgIpc) is 3.00. The number of furan rings is 1. The van der Waals surface area contributed by atoms with Gasteiger partial charge in [-0.1, -0.05) is 15.9 Å². The molecule has 0 aliphatic heterocycles. The van der Waals surface area contributed by atoms with Gasteiger partial charge in [-0.25, -0.2) is 0 Å². The molecular formula is C17H21BrN2O2S. The van der Waals surface area contributed by atoms with Crippen LogP contribution >= 0.6 is 27.7 Å². The Morgan fingerprint density at radius 2 is 2.17 bits per heavy atom. The first-order valence-electron chi connectivity index (χ1n) is 7.33. The van der Waals surface area contributed by atoms with Crippen molar-refractivity contribution < 1.29 is 9.21 Å². The van der Waals surface area contributed by atoms with Crippen LogP contribution in [-0.2, 0) is 4.79 Å². The maximum Gasteiger partial charge on any atom is 0.230 e. The lowest BCUT2D eigenvalue weighted by atomic mass is 10.2. The summed E-state index contributed by atoms with van der Waals surface area (Å²) in [4.78, 5) is 15.3. The first-order valence-corrected chi connectivity index (χ1v) is 9.10. The van der Waals surface area contributed by atoms with E-state index in [0.29, 0.717) is 12.3 Å². The summed E-state index contributed by atoms with van der Waals surface area (Å²) in [5, 5.41) is 2.98. The molecule has 0 aliphatic carbocycles. The molecule has 0 spiro atoms. The molecule has 2 rings (SSSR count). The van der Waals surface area contributed by atoms with E-state index in [1.54, 1.807) is 18.0 Å². The quantitative estimate of drug-likeness (QED) is 0.721. The molecule has 4 nitrogen and oxygen atoms in total. The fraction of sp³-hybridized carbons (Fsp3) is 0.353. The van der Waals surface area contributed by atoms with E-state index < -0.39 is 0 Å². The molecule has 0 radical (unpaired) electrons. The molecule has 2 aromatic rings. The number of amides is 1. The third-order valence-corrected chi connectivity index (χ3v) is 5.15. The number of halogens is 1. The molecule has 0 aliphatic rings. The van der Waals surface area contributed by atoms with Crippen LogP contribution in [-0.4, -0.2) is 37.2 Å². The number of thioether (sulfide) groups is 1. The summed E-state index contributed by atoms with van der Waals surface area (Å²) < 4.78 is 6.49. The van der Waals surface area contributed by atoms with Crippen molar-refractivity contribution in [2.24, 2.45) is 0 Å². The molecule has 1 amide bonds. The van der Waals surface area contributed by atoms with Crippen molar-refractivity contribution in [1.82, 2.24) is 10.2 Å². The van der Waals surface area contributed by atoms with Gasteiger partial charge in [0.2, 0.25) is 5.91 Å². The molecule has 1 aromatic carbocycles. The first-order chi connectivity index (χ1) is 11.0. The second kappa shape index (κ2) is 8.57. The number of rotatable bonds is 7. The lowest BCUT2D eigenvalue weighted by Crippen LogP contribution is -2.35. The van der Waals surface area contributed by atoms with Gasteiger partial charge in [0.1, 0.15) is 5.76 Å². The highest BCUT2D eigenvalue weighted by molar-refractivity contribution is 9.10. The summed E-state index contributed by atoms with van der Waals surface area (Å²) >= 11 is 5.00. The molecule has 1 atom stereocenters. The summed E-state index contributed by atoms with van der Waals surface area (Å²) in [5.41, 5.74) is 1.17. The predicted octanol–water partition coefficient (Wildman–Crippen LogP) is 3.86. The van der Waals surface area contributed by atoms with E-state index in [-0.39, 0.29) is 11.9 Å². The fourth-order valence-electron chi connectivity index (χ4n) is 2.20. The van der Waals surface area contributed by atoms with Crippen LogP contribution in [0, 0.1) is 6.92 Å². The van der Waals surface area contributed by atoms with Crippen molar-refractivity contribution in [2.75, 3.05) is 26.4 Å². The Morgan fingerprint density at radius 3 is 2.78 bits per heavy atom. The van der Waals surface area contributed by atoms with Crippen molar-refractivity contribution in [3.8, 4) is 0 Å². The van der Waals surface area contributed by atoms with E-state index in [9.17, 15) is 4.79 Å². The standard InChI is InChI=1S/C17H21BrN2O2S/c1-12-9-13(18)6-7-16(12)23-11-17(21)19-10-14(20(2)3)15-5-4-8-22-15/h4-9,14H,10-11H2,1-3H3,(H,19,21). The Hall–Kier alpha value is -1.24. The van der Waals surface area contributed by atoms with Crippen LogP contribution in [0.25, 0.3) is 0 Å². The molecule has 0 bridgehead atoms. The third kappa shape index (κ3) is 5.41. The van der Waals surface area contributed by atoms with Crippen molar-refractivity contribution in [3.63, 3.8) is 0 Å². The Labute approximate surface area is 149 Å². The summed E-state index contributed by atoms with van der Waals surface area (Å²) in [6.07, 6.45) is 1.65. The van der Waals surface area contributed by atoms with E-state index in [4.69, 9.17) is 4.42 Å². The van der Waals surface area contributed by atoms with E-state index in [1.165, 1.54) is 5.56 Å². The van der Waals surface area contributed by atoms with Crippen LogP contribution in [0.4, 0.5) is 0 Å². The Kier molecular flexibility index (Phi) is 6.74. The van der Waals surface area contributed by atoms with Gasteiger partial charge in [0, 0.05) is 15.9 Å². The van der Waals surface area contributed by atoms with Gasteiger partial charge < -0.3 is 9.73 Å². The number of nitrogens with zero attached hydrogens (tertiary/aromatic N) is 1. The minimum Gasteiger partial charge on any atom is -0.468 e. The second-order valence-corrected chi connectivity index (χ2v) is 7.43. The van der Waals surface area contributed by atoms with Gasteiger partial charge in [0.15, 0.2) is 0 Å². The van der Waals surface area contributed by atoms with Gasteiger partial charge in [-0.3, -0.25) is 9.69 Å². The predicted molar refractivity (Wildman–Crippen MR) is 97.7 cm³/mol. The molecule has 0 saturated heterocycles. The smallest absolute Gasteiger partial charge is 0.230 e. The zero-order valence-electron chi connectivity index (χ0n) is 13.5. The third-order valence-electron chi connectivity index (χ3n) is 3.48. The Bertz CT molecular complexity index is 644. The number of benzene rings is 1.